The third kappa shape index (κ3) is 4.29. The number of hydrogen-bond donors (Lipinski definition) is 2. The fourth-order valence-corrected chi connectivity index (χ4v) is 3.25. The van der Waals surface area contributed by atoms with E-state index >= 15 is 0 Å². The van der Waals surface area contributed by atoms with Gasteiger partial charge in [0.25, 0.3) is 0 Å². The van der Waals surface area contributed by atoms with E-state index in [1.54, 1.807) is 0 Å². The molecule has 0 aliphatic heterocycles. The van der Waals surface area contributed by atoms with Crippen LogP contribution >= 0.6 is 11.8 Å². The molecule has 0 aliphatic rings. The van der Waals surface area contributed by atoms with Gasteiger partial charge in [0.2, 0.25) is 0 Å². The molecule has 2 unspecified atom stereocenters. The Morgan fingerprint density at radius 3 is 2.79 bits per heavy atom. The maximum atomic E-state index is 3.60. The summed E-state index contributed by atoms with van der Waals surface area (Å²) >= 11 is 1.91. The maximum absolute atomic E-state index is 3.60. The first-order valence-corrected chi connectivity index (χ1v) is 8.04. The van der Waals surface area contributed by atoms with Gasteiger partial charge in [0.05, 0.1) is 5.03 Å². The van der Waals surface area contributed by atoms with Crippen LogP contribution in [-0.4, -0.2) is 22.8 Å². The fourth-order valence-electron chi connectivity index (χ4n) is 2.27. The van der Waals surface area contributed by atoms with Crippen LogP contribution in [0.15, 0.2) is 35.4 Å². The zero-order valence-corrected chi connectivity index (χ0v) is 12.9. The summed E-state index contributed by atoms with van der Waals surface area (Å²) in [7, 11) is 0. The molecule has 0 fully saturated rings. The van der Waals surface area contributed by atoms with E-state index in [0.717, 1.165) is 6.54 Å². The predicted octanol–water partition coefficient (Wildman–Crippen LogP) is 4.43. The minimum atomic E-state index is 0.576. The van der Waals surface area contributed by atoms with Crippen molar-refractivity contribution in [1.82, 2.24) is 10.3 Å². The number of rotatable bonds is 7. The second kappa shape index (κ2) is 7.01. The molecule has 104 valence electrons. The third-order valence-electron chi connectivity index (χ3n) is 3.31. The molecule has 19 heavy (non-hydrogen) atoms. The van der Waals surface area contributed by atoms with Crippen LogP contribution in [-0.2, 0) is 0 Å². The molecule has 3 heteroatoms. The van der Waals surface area contributed by atoms with Crippen molar-refractivity contribution in [3.8, 4) is 0 Å². The summed E-state index contributed by atoms with van der Waals surface area (Å²) in [6, 6.07) is 11.3. The van der Waals surface area contributed by atoms with E-state index in [2.05, 4.69) is 61.4 Å². The number of hydrogen-bond acceptors (Lipinski definition) is 2. The normalized spacial score (nSPS) is 14.7. The first kappa shape index (κ1) is 14.5. The molecular weight excluding hydrogens is 252 g/mol. The Bertz CT molecular complexity index is 473. The molecule has 0 saturated carbocycles. The quantitative estimate of drug-likeness (QED) is 0.732. The molecule has 0 bridgehead atoms. The number of para-hydroxylation sites is 1. The lowest BCUT2D eigenvalue weighted by Crippen LogP contribution is -2.31. The van der Waals surface area contributed by atoms with Gasteiger partial charge in [-0.3, -0.25) is 0 Å². The van der Waals surface area contributed by atoms with Crippen LogP contribution in [0.5, 0.6) is 0 Å². The first-order chi connectivity index (χ1) is 9.19. The molecule has 2 nitrogen and oxygen atoms in total. The maximum Gasteiger partial charge on any atom is 0.0735 e. The topological polar surface area (TPSA) is 27.8 Å². The molecule has 1 aromatic heterocycles. The van der Waals surface area contributed by atoms with Gasteiger partial charge in [0, 0.05) is 28.7 Å². The Kier molecular flexibility index (Phi) is 5.34. The van der Waals surface area contributed by atoms with E-state index in [1.165, 1.54) is 28.8 Å². The van der Waals surface area contributed by atoms with E-state index in [4.69, 9.17) is 0 Å². The average molecular weight is 276 g/mol. The van der Waals surface area contributed by atoms with E-state index in [0.29, 0.717) is 11.3 Å². The SMILES string of the molecule is CCCC(C)NCC(C)Sc1cc2ccccc2[nH]1. The van der Waals surface area contributed by atoms with Crippen LogP contribution in [0.2, 0.25) is 0 Å². The largest absolute Gasteiger partial charge is 0.350 e. The van der Waals surface area contributed by atoms with Crippen LogP contribution in [0.3, 0.4) is 0 Å². The Morgan fingerprint density at radius 2 is 2.05 bits per heavy atom. The highest BCUT2D eigenvalue weighted by atomic mass is 32.2. The van der Waals surface area contributed by atoms with Crippen molar-refractivity contribution in [2.24, 2.45) is 0 Å². The van der Waals surface area contributed by atoms with Crippen molar-refractivity contribution in [3.05, 3.63) is 30.3 Å². The van der Waals surface area contributed by atoms with E-state index in [-0.39, 0.29) is 0 Å². The molecule has 0 saturated heterocycles. The molecular formula is C16H24N2S. The molecule has 0 radical (unpaired) electrons. The molecule has 2 aromatic rings. The van der Waals surface area contributed by atoms with Crippen LogP contribution in [0, 0.1) is 0 Å². The number of H-pyrrole nitrogens is 1. The number of aromatic nitrogens is 1. The lowest BCUT2D eigenvalue weighted by molar-refractivity contribution is 0.511. The number of nitrogens with one attached hydrogen (secondary N) is 2. The zero-order valence-electron chi connectivity index (χ0n) is 12.1. The van der Waals surface area contributed by atoms with Gasteiger partial charge in [0.1, 0.15) is 0 Å². The molecule has 0 spiro atoms. The van der Waals surface area contributed by atoms with Gasteiger partial charge in [-0.2, -0.15) is 0 Å². The van der Waals surface area contributed by atoms with Crippen molar-refractivity contribution in [3.63, 3.8) is 0 Å². The highest BCUT2D eigenvalue weighted by Gasteiger charge is 2.08. The lowest BCUT2D eigenvalue weighted by Gasteiger charge is -2.16. The number of fused-ring (bicyclic) bond motifs is 1. The Hall–Kier alpha value is -0.930. The van der Waals surface area contributed by atoms with Crippen molar-refractivity contribution in [1.29, 1.82) is 0 Å². The summed E-state index contributed by atoms with van der Waals surface area (Å²) in [6.07, 6.45) is 2.50. The summed E-state index contributed by atoms with van der Waals surface area (Å²) in [5, 5.41) is 6.74. The van der Waals surface area contributed by atoms with Crippen molar-refractivity contribution < 1.29 is 0 Å². The molecule has 1 heterocycles. The average Bonchev–Trinajstić information content (AvgIpc) is 2.78. The number of benzene rings is 1. The van der Waals surface area contributed by atoms with Crippen molar-refractivity contribution in [2.45, 2.75) is 49.9 Å². The summed E-state index contributed by atoms with van der Waals surface area (Å²) in [5.41, 5.74) is 1.23. The fraction of sp³-hybridized carbons (Fsp3) is 0.500. The van der Waals surface area contributed by atoms with Gasteiger partial charge in [0.15, 0.2) is 0 Å². The summed E-state index contributed by atoms with van der Waals surface area (Å²) in [4.78, 5) is 3.47. The summed E-state index contributed by atoms with van der Waals surface area (Å²) < 4.78 is 0. The molecule has 2 N–H and O–H groups in total. The Labute approximate surface area is 120 Å². The highest BCUT2D eigenvalue weighted by Crippen LogP contribution is 2.26. The number of aromatic amines is 1. The van der Waals surface area contributed by atoms with Gasteiger partial charge < -0.3 is 10.3 Å². The van der Waals surface area contributed by atoms with Crippen LogP contribution in [0.1, 0.15) is 33.6 Å². The smallest absolute Gasteiger partial charge is 0.0735 e. The zero-order chi connectivity index (χ0) is 13.7. The summed E-state index contributed by atoms with van der Waals surface area (Å²) in [5.74, 6) is 0. The standard InChI is InChI=1S/C16H24N2S/c1-4-7-12(2)17-11-13(3)19-16-10-14-8-5-6-9-15(14)18-16/h5-6,8-10,12-13,17-18H,4,7,11H2,1-3H3. The minimum absolute atomic E-state index is 0.576. The first-order valence-electron chi connectivity index (χ1n) is 7.17. The predicted molar refractivity (Wildman–Crippen MR) is 86.0 cm³/mol. The third-order valence-corrected chi connectivity index (χ3v) is 4.35. The minimum Gasteiger partial charge on any atom is -0.350 e. The van der Waals surface area contributed by atoms with Gasteiger partial charge in [-0.1, -0.05) is 38.5 Å². The Balaban J connectivity index is 1.86. The van der Waals surface area contributed by atoms with E-state index < -0.39 is 0 Å². The van der Waals surface area contributed by atoms with Crippen LogP contribution in [0.4, 0.5) is 0 Å². The second-order valence-corrected chi connectivity index (χ2v) is 6.73. The van der Waals surface area contributed by atoms with Crippen molar-refractivity contribution in [2.75, 3.05) is 6.54 Å². The van der Waals surface area contributed by atoms with Gasteiger partial charge in [-0.25, -0.2) is 0 Å². The monoisotopic (exact) mass is 276 g/mol. The molecule has 2 atom stereocenters. The van der Waals surface area contributed by atoms with Gasteiger partial charge >= 0.3 is 0 Å². The molecule has 0 aliphatic carbocycles. The van der Waals surface area contributed by atoms with Crippen LogP contribution in [0.25, 0.3) is 10.9 Å². The van der Waals surface area contributed by atoms with E-state index in [9.17, 15) is 0 Å². The molecule has 1 aromatic carbocycles. The molecule has 2 rings (SSSR count). The highest BCUT2D eigenvalue weighted by molar-refractivity contribution is 7.99. The van der Waals surface area contributed by atoms with Crippen LogP contribution < -0.4 is 5.32 Å². The lowest BCUT2D eigenvalue weighted by atomic mass is 10.2. The summed E-state index contributed by atoms with van der Waals surface area (Å²) in [6.45, 7) is 7.84. The van der Waals surface area contributed by atoms with E-state index in [1.807, 2.05) is 11.8 Å². The van der Waals surface area contributed by atoms with Crippen molar-refractivity contribution >= 4 is 22.7 Å². The Morgan fingerprint density at radius 1 is 1.26 bits per heavy atom. The van der Waals surface area contributed by atoms with Gasteiger partial charge in [-0.05, 0) is 25.5 Å². The number of thioether (sulfide) groups is 1. The molecule has 0 amide bonds. The van der Waals surface area contributed by atoms with Gasteiger partial charge in [-0.15, -0.1) is 11.8 Å². The second-order valence-electron chi connectivity index (χ2n) is 5.25.